The van der Waals surface area contributed by atoms with E-state index < -0.39 is 16.1 Å². The van der Waals surface area contributed by atoms with Gasteiger partial charge in [0.1, 0.15) is 5.76 Å². The summed E-state index contributed by atoms with van der Waals surface area (Å²) in [7, 11) is -2.43. The van der Waals surface area contributed by atoms with Crippen LogP contribution in [0.25, 0.3) is 0 Å². The molecule has 2 N–H and O–H groups in total. The van der Waals surface area contributed by atoms with Crippen molar-refractivity contribution < 1.29 is 22.4 Å². The van der Waals surface area contributed by atoms with E-state index in [1.54, 1.807) is 0 Å². The van der Waals surface area contributed by atoms with Crippen molar-refractivity contribution in [1.82, 2.24) is 4.72 Å². The summed E-state index contributed by atoms with van der Waals surface area (Å²) in [6, 6.07) is 0. The third kappa shape index (κ3) is 9.41. The molecule has 0 amide bonds. The van der Waals surface area contributed by atoms with Crippen LogP contribution >= 0.6 is 0 Å². The lowest BCUT2D eigenvalue weighted by Gasteiger charge is -2.22. The molecule has 0 saturated heterocycles. The number of rotatable bonds is 10. The SMILES string of the molecule is C=C/C(OC(C)(C)O)=C(\CC=CC)CCOS(=O)(=O)NC. The predicted molar refractivity (Wildman–Crippen MR) is 82.6 cm³/mol. The highest BCUT2D eigenvalue weighted by molar-refractivity contribution is 7.84. The highest BCUT2D eigenvalue weighted by atomic mass is 32.2. The maximum Gasteiger partial charge on any atom is 0.335 e. The van der Waals surface area contributed by atoms with Crippen LogP contribution in [0.2, 0.25) is 0 Å². The van der Waals surface area contributed by atoms with Crippen LogP contribution in [-0.2, 0) is 19.2 Å². The van der Waals surface area contributed by atoms with E-state index in [0.29, 0.717) is 18.6 Å². The highest BCUT2D eigenvalue weighted by Crippen LogP contribution is 2.21. The number of aliphatic hydroxyl groups is 1. The minimum atomic E-state index is -3.71. The van der Waals surface area contributed by atoms with E-state index in [9.17, 15) is 13.5 Å². The molecule has 0 aliphatic carbocycles. The molecular formula is C14H25NO5S. The average molecular weight is 319 g/mol. The summed E-state index contributed by atoms with van der Waals surface area (Å²) in [5, 5.41) is 9.73. The fraction of sp³-hybridized carbons (Fsp3) is 0.571. The van der Waals surface area contributed by atoms with E-state index >= 15 is 0 Å². The molecule has 0 aromatic rings. The normalized spacial score (nSPS) is 14.1. The van der Waals surface area contributed by atoms with Crippen LogP contribution in [0.5, 0.6) is 0 Å². The molecule has 0 aromatic carbocycles. The molecule has 21 heavy (non-hydrogen) atoms. The Bertz CT molecular complexity index is 486. The first-order valence-electron chi connectivity index (χ1n) is 6.60. The molecular weight excluding hydrogens is 294 g/mol. The summed E-state index contributed by atoms with van der Waals surface area (Å²) in [6.45, 7) is 8.52. The standard InChI is InChI=1S/C14H25NO5S/c1-6-8-9-12(10-11-19-21(17,18)15-5)13(7-2)20-14(3,4)16/h6-8,15-16H,2,9-11H2,1,3-5H3/b8-6?,13-12-. The van der Waals surface area contributed by atoms with Gasteiger partial charge in [0, 0.05) is 20.9 Å². The van der Waals surface area contributed by atoms with Crippen LogP contribution in [-0.4, -0.2) is 33.0 Å². The Hall–Kier alpha value is -1.15. The zero-order chi connectivity index (χ0) is 16.5. The number of hydrogen-bond acceptors (Lipinski definition) is 5. The molecule has 0 aliphatic heterocycles. The molecule has 0 unspecified atom stereocenters. The third-order valence-corrected chi connectivity index (χ3v) is 3.36. The van der Waals surface area contributed by atoms with E-state index in [-0.39, 0.29) is 6.61 Å². The Morgan fingerprint density at radius 3 is 2.48 bits per heavy atom. The van der Waals surface area contributed by atoms with Crippen molar-refractivity contribution in [2.24, 2.45) is 0 Å². The molecule has 0 fully saturated rings. The molecule has 0 heterocycles. The Balaban J connectivity index is 5.03. The predicted octanol–water partition coefficient (Wildman–Crippen LogP) is 2.01. The van der Waals surface area contributed by atoms with E-state index in [1.165, 1.54) is 27.0 Å². The second-order valence-corrected chi connectivity index (χ2v) is 6.28. The first-order chi connectivity index (χ1) is 9.65. The summed E-state index contributed by atoms with van der Waals surface area (Å²) >= 11 is 0. The second-order valence-electron chi connectivity index (χ2n) is 4.72. The van der Waals surface area contributed by atoms with E-state index in [2.05, 4.69) is 11.3 Å². The minimum absolute atomic E-state index is 0.0252. The summed E-state index contributed by atoms with van der Waals surface area (Å²) in [5.41, 5.74) is 0.788. The molecule has 0 spiro atoms. The molecule has 0 aliphatic rings. The second kappa shape index (κ2) is 8.99. The Kier molecular flexibility index (Phi) is 8.50. The zero-order valence-electron chi connectivity index (χ0n) is 13.0. The molecule has 0 saturated carbocycles. The van der Waals surface area contributed by atoms with Crippen LogP contribution in [0.4, 0.5) is 0 Å². The van der Waals surface area contributed by atoms with Crippen molar-refractivity contribution in [3.05, 3.63) is 36.1 Å². The van der Waals surface area contributed by atoms with Gasteiger partial charge in [-0.2, -0.15) is 13.1 Å². The fourth-order valence-electron chi connectivity index (χ4n) is 1.45. The molecule has 0 aromatic heterocycles. The van der Waals surface area contributed by atoms with Gasteiger partial charge in [-0.25, -0.2) is 0 Å². The topological polar surface area (TPSA) is 84.9 Å². The van der Waals surface area contributed by atoms with Gasteiger partial charge in [-0.1, -0.05) is 18.7 Å². The molecule has 0 rings (SSSR count). The zero-order valence-corrected chi connectivity index (χ0v) is 13.9. The minimum Gasteiger partial charge on any atom is -0.463 e. The quantitative estimate of drug-likeness (QED) is 0.278. The Morgan fingerprint density at radius 1 is 1.43 bits per heavy atom. The van der Waals surface area contributed by atoms with Crippen molar-refractivity contribution >= 4 is 10.3 Å². The number of allylic oxidation sites excluding steroid dienone is 3. The summed E-state index contributed by atoms with van der Waals surface area (Å²) in [5.74, 6) is -0.922. The molecule has 7 heteroatoms. The van der Waals surface area contributed by atoms with Gasteiger partial charge in [-0.3, -0.25) is 4.18 Å². The highest BCUT2D eigenvalue weighted by Gasteiger charge is 2.17. The van der Waals surface area contributed by atoms with Crippen LogP contribution in [0.1, 0.15) is 33.6 Å². The lowest BCUT2D eigenvalue weighted by atomic mass is 10.1. The van der Waals surface area contributed by atoms with Gasteiger partial charge in [0.15, 0.2) is 0 Å². The summed E-state index contributed by atoms with van der Waals surface area (Å²) in [4.78, 5) is 0. The van der Waals surface area contributed by atoms with Gasteiger partial charge in [0.05, 0.1) is 6.61 Å². The van der Waals surface area contributed by atoms with Gasteiger partial charge in [-0.05, 0) is 31.4 Å². The lowest BCUT2D eigenvalue weighted by molar-refractivity contribution is -0.144. The smallest absolute Gasteiger partial charge is 0.335 e. The molecule has 122 valence electrons. The Labute approximate surface area is 127 Å². The van der Waals surface area contributed by atoms with Crippen molar-refractivity contribution in [2.75, 3.05) is 13.7 Å². The molecule has 0 atom stereocenters. The first kappa shape index (κ1) is 19.9. The summed E-state index contributed by atoms with van der Waals surface area (Å²) in [6.07, 6.45) is 6.15. The van der Waals surface area contributed by atoms with Gasteiger partial charge in [-0.15, -0.1) is 0 Å². The Morgan fingerprint density at radius 2 is 2.05 bits per heavy atom. The summed E-state index contributed by atoms with van der Waals surface area (Å²) < 4.78 is 34.7. The fourth-order valence-corrected chi connectivity index (χ4v) is 1.87. The van der Waals surface area contributed by atoms with Gasteiger partial charge in [0.2, 0.25) is 5.79 Å². The van der Waals surface area contributed by atoms with Gasteiger partial charge >= 0.3 is 10.3 Å². The number of hydrogen-bond donors (Lipinski definition) is 2. The van der Waals surface area contributed by atoms with Crippen molar-refractivity contribution in [3.63, 3.8) is 0 Å². The van der Waals surface area contributed by atoms with E-state index in [4.69, 9.17) is 8.92 Å². The van der Waals surface area contributed by atoms with Crippen LogP contribution in [0, 0.1) is 0 Å². The lowest BCUT2D eigenvalue weighted by Crippen LogP contribution is -2.24. The monoisotopic (exact) mass is 319 g/mol. The number of nitrogens with one attached hydrogen (secondary N) is 1. The van der Waals surface area contributed by atoms with Crippen molar-refractivity contribution in [3.8, 4) is 0 Å². The molecule has 0 radical (unpaired) electrons. The van der Waals surface area contributed by atoms with Gasteiger partial charge < -0.3 is 9.84 Å². The van der Waals surface area contributed by atoms with Crippen LogP contribution < -0.4 is 4.72 Å². The maximum absolute atomic E-state index is 11.2. The van der Waals surface area contributed by atoms with Crippen LogP contribution in [0.15, 0.2) is 36.1 Å². The van der Waals surface area contributed by atoms with Crippen molar-refractivity contribution in [1.29, 1.82) is 0 Å². The largest absolute Gasteiger partial charge is 0.463 e. The molecule has 0 bridgehead atoms. The van der Waals surface area contributed by atoms with Crippen molar-refractivity contribution in [2.45, 2.75) is 39.4 Å². The maximum atomic E-state index is 11.2. The molecule has 6 nitrogen and oxygen atoms in total. The van der Waals surface area contributed by atoms with Gasteiger partial charge in [0.25, 0.3) is 0 Å². The van der Waals surface area contributed by atoms with E-state index in [0.717, 1.165) is 5.57 Å². The van der Waals surface area contributed by atoms with Crippen LogP contribution in [0.3, 0.4) is 0 Å². The van der Waals surface area contributed by atoms with E-state index in [1.807, 2.05) is 19.1 Å². The third-order valence-electron chi connectivity index (χ3n) is 2.39. The first-order valence-corrected chi connectivity index (χ1v) is 8.01. The number of ether oxygens (including phenoxy) is 1. The average Bonchev–Trinajstić information content (AvgIpc) is 2.39.